The van der Waals surface area contributed by atoms with Crippen LogP contribution in [0.3, 0.4) is 0 Å². The van der Waals surface area contributed by atoms with Crippen molar-refractivity contribution in [2.45, 2.75) is 38.5 Å². The highest BCUT2D eigenvalue weighted by molar-refractivity contribution is 5.76. The first-order chi connectivity index (χ1) is 8.46. The third-order valence-electron chi connectivity index (χ3n) is 3.91. The van der Waals surface area contributed by atoms with Gasteiger partial charge in [0, 0.05) is 32.5 Å². The quantitative estimate of drug-likeness (QED) is 0.774. The summed E-state index contributed by atoms with van der Waals surface area (Å²) in [7, 11) is 0. The fourth-order valence-corrected chi connectivity index (χ4v) is 2.85. The second kappa shape index (κ2) is 5.51. The molecule has 0 radical (unpaired) electrons. The number of likely N-dealkylation sites (tertiary alicyclic amines) is 2. The van der Waals surface area contributed by atoms with Crippen molar-refractivity contribution in [1.29, 1.82) is 0 Å². The first kappa shape index (κ1) is 13.7. The molecule has 2 rings (SSSR count). The Balaban J connectivity index is 1.72. The van der Waals surface area contributed by atoms with Gasteiger partial charge in [-0.1, -0.05) is 6.92 Å². The predicted octanol–water partition coefficient (Wildman–Crippen LogP) is 1.98. The van der Waals surface area contributed by atoms with Crippen LogP contribution in [0.25, 0.3) is 0 Å². The molecule has 0 saturated carbocycles. The summed E-state index contributed by atoms with van der Waals surface area (Å²) in [6.07, 6.45) is 2.63. The van der Waals surface area contributed by atoms with Gasteiger partial charge in [-0.2, -0.15) is 0 Å². The van der Waals surface area contributed by atoms with Gasteiger partial charge in [0.15, 0.2) is 0 Å². The summed E-state index contributed by atoms with van der Waals surface area (Å²) in [5, 5.41) is 0. The van der Waals surface area contributed by atoms with E-state index in [0.717, 1.165) is 13.1 Å². The van der Waals surface area contributed by atoms with Crippen molar-refractivity contribution >= 4 is 5.91 Å². The van der Waals surface area contributed by atoms with Gasteiger partial charge in [-0.15, -0.1) is 0 Å². The number of hydrogen-bond donors (Lipinski definition) is 0. The van der Waals surface area contributed by atoms with E-state index >= 15 is 0 Å². The maximum Gasteiger partial charge on any atom is 0.267 e. The molecule has 2 heterocycles. The summed E-state index contributed by atoms with van der Waals surface area (Å²) < 4.78 is 26.0. The Morgan fingerprint density at radius 3 is 2.78 bits per heavy atom. The number of nitrogens with zero attached hydrogens (tertiary/aromatic N) is 2. The SMILES string of the molecule is C[C@H]1CCCN(CCC(=O)N2CCC(F)(F)C2)C1. The van der Waals surface area contributed by atoms with Gasteiger partial charge < -0.3 is 9.80 Å². The normalized spacial score (nSPS) is 28.6. The van der Waals surface area contributed by atoms with E-state index in [1.165, 1.54) is 17.7 Å². The van der Waals surface area contributed by atoms with Gasteiger partial charge in [0.25, 0.3) is 5.92 Å². The Labute approximate surface area is 107 Å². The minimum absolute atomic E-state index is 0.120. The molecule has 2 fully saturated rings. The second-order valence-corrected chi connectivity index (χ2v) is 5.72. The molecule has 0 aromatic heterocycles. The minimum atomic E-state index is -2.67. The Hall–Kier alpha value is -0.710. The molecule has 104 valence electrons. The summed E-state index contributed by atoms with van der Waals surface area (Å²) in [6, 6.07) is 0. The minimum Gasteiger partial charge on any atom is -0.336 e. The molecule has 3 nitrogen and oxygen atoms in total. The average molecular weight is 260 g/mol. The predicted molar refractivity (Wildman–Crippen MR) is 65.6 cm³/mol. The Kier molecular flexibility index (Phi) is 4.20. The van der Waals surface area contributed by atoms with Crippen molar-refractivity contribution in [3.63, 3.8) is 0 Å². The van der Waals surface area contributed by atoms with Crippen LogP contribution in [0, 0.1) is 5.92 Å². The summed E-state index contributed by atoms with van der Waals surface area (Å²) in [6.45, 7) is 4.82. The molecule has 5 heteroatoms. The van der Waals surface area contributed by atoms with Gasteiger partial charge in [-0.05, 0) is 25.3 Å². The smallest absolute Gasteiger partial charge is 0.267 e. The van der Waals surface area contributed by atoms with Crippen molar-refractivity contribution in [3.05, 3.63) is 0 Å². The molecular formula is C13H22F2N2O. The third kappa shape index (κ3) is 3.64. The van der Waals surface area contributed by atoms with Crippen molar-refractivity contribution in [2.75, 3.05) is 32.7 Å². The Morgan fingerprint density at radius 1 is 1.39 bits per heavy atom. The standard InChI is InChI=1S/C13H22F2N2O/c1-11-3-2-6-16(9-11)7-4-12(18)17-8-5-13(14,15)10-17/h11H,2-10H2,1H3/t11-/m0/s1. The van der Waals surface area contributed by atoms with Gasteiger partial charge >= 0.3 is 0 Å². The molecule has 18 heavy (non-hydrogen) atoms. The van der Waals surface area contributed by atoms with Gasteiger partial charge in [0.2, 0.25) is 5.91 Å². The maximum atomic E-state index is 13.0. The van der Waals surface area contributed by atoms with E-state index in [1.54, 1.807) is 0 Å². The van der Waals surface area contributed by atoms with Crippen LogP contribution in [0.1, 0.15) is 32.6 Å². The fraction of sp³-hybridized carbons (Fsp3) is 0.923. The topological polar surface area (TPSA) is 23.6 Å². The molecule has 1 atom stereocenters. The van der Waals surface area contributed by atoms with Gasteiger partial charge in [-0.3, -0.25) is 4.79 Å². The first-order valence-electron chi connectivity index (χ1n) is 6.84. The Bertz CT molecular complexity index is 309. The summed E-state index contributed by atoms with van der Waals surface area (Å²) in [4.78, 5) is 15.4. The number of hydrogen-bond acceptors (Lipinski definition) is 2. The lowest BCUT2D eigenvalue weighted by molar-refractivity contribution is -0.132. The second-order valence-electron chi connectivity index (χ2n) is 5.72. The van der Waals surface area contributed by atoms with Gasteiger partial charge in [-0.25, -0.2) is 8.78 Å². The van der Waals surface area contributed by atoms with Crippen LogP contribution in [0.4, 0.5) is 8.78 Å². The highest BCUT2D eigenvalue weighted by atomic mass is 19.3. The molecule has 2 saturated heterocycles. The van der Waals surface area contributed by atoms with Crippen LogP contribution in [0.5, 0.6) is 0 Å². The highest BCUT2D eigenvalue weighted by Crippen LogP contribution is 2.27. The monoisotopic (exact) mass is 260 g/mol. The number of carbonyl (C=O) groups excluding carboxylic acids is 1. The van der Waals surface area contributed by atoms with E-state index in [9.17, 15) is 13.6 Å². The van der Waals surface area contributed by atoms with E-state index in [-0.39, 0.29) is 25.4 Å². The van der Waals surface area contributed by atoms with Crippen LogP contribution in [0.2, 0.25) is 0 Å². The summed E-state index contributed by atoms with van der Waals surface area (Å²) in [5.41, 5.74) is 0. The van der Waals surface area contributed by atoms with E-state index in [4.69, 9.17) is 0 Å². The zero-order valence-corrected chi connectivity index (χ0v) is 11.0. The lowest BCUT2D eigenvalue weighted by Gasteiger charge is -2.31. The van der Waals surface area contributed by atoms with E-state index in [0.29, 0.717) is 18.9 Å². The third-order valence-corrected chi connectivity index (χ3v) is 3.91. The first-order valence-corrected chi connectivity index (χ1v) is 6.84. The van der Waals surface area contributed by atoms with Crippen molar-refractivity contribution in [3.8, 4) is 0 Å². The molecule has 0 N–H and O–H groups in total. The van der Waals surface area contributed by atoms with Crippen molar-refractivity contribution in [1.82, 2.24) is 9.80 Å². The molecule has 0 aromatic rings. The fourth-order valence-electron chi connectivity index (χ4n) is 2.85. The van der Waals surface area contributed by atoms with Crippen LogP contribution < -0.4 is 0 Å². The number of piperidine rings is 1. The van der Waals surface area contributed by atoms with E-state index in [1.807, 2.05) is 0 Å². The molecule has 1 amide bonds. The van der Waals surface area contributed by atoms with Gasteiger partial charge in [0.05, 0.1) is 6.54 Å². The van der Waals surface area contributed by atoms with Crippen molar-refractivity contribution < 1.29 is 13.6 Å². The Morgan fingerprint density at radius 2 is 2.17 bits per heavy atom. The molecule has 0 bridgehead atoms. The van der Waals surface area contributed by atoms with E-state index < -0.39 is 5.92 Å². The zero-order valence-electron chi connectivity index (χ0n) is 11.0. The number of alkyl halides is 2. The molecule has 0 spiro atoms. The van der Waals surface area contributed by atoms with E-state index in [2.05, 4.69) is 11.8 Å². The largest absolute Gasteiger partial charge is 0.336 e. The number of carbonyl (C=O) groups is 1. The number of amides is 1. The molecule has 0 unspecified atom stereocenters. The molecular weight excluding hydrogens is 238 g/mol. The summed E-state index contributed by atoms with van der Waals surface area (Å²) in [5.74, 6) is -2.11. The highest BCUT2D eigenvalue weighted by Gasteiger charge is 2.40. The number of rotatable bonds is 3. The molecule has 0 aliphatic carbocycles. The summed E-state index contributed by atoms with van der Waals surface area (Å²) >= 11 is 0. The lowest BCUT2D eigenvalue weighted by Crippen LogP contribution is -2.38. The molecule has 0 aromatic carbocycles. The molecule has 2 aliphatic rings. The van der Waals surface area contributed by atoms with Gasteiger partial charge in [0.1, 0.15) is 0 Å². The van der Waals surface area contributed by atoms with Crippen LogP contribution >= 0.6 is 0 Å². The number of halogens is 2. The average Bonchev–Trinajstić information content (AvgIpc) is 2.67. The van der Waals surface area contributed by atoms with Crippen LogP contribution in [0.15, 0.2) is 0 Å². The van der Waals surface area contributed by atoms with Crippen molar-refractivity contribution in [2.24, 2.45) is 5.92 Å². The zero-order chi connectivity index (χ0) is 13.2. The lowest BCUT2D eigenvalue weighted by atomic mass is 10.0. The van der Waals surface area contributed by atoms with Crippen LogP contribution in [-0.2, 0) is 4.79 Å². The molecule has 2 aliphatic heterocycles. The maximum absolute atomic E-state index is 13.0. The van der Waals surface area contributed by atoms with Crippen LogP contribution in [-0.4, -0.2) is 54.4 Å².